The Hall–Kier alpha value is -2.93. The van der Waals surface area contributed by atoms with E-state index in [4.69, 9.17) is 9.47 Å². The molecule has 1 unspecified atom stereocenters. The van der Waals surface area contributed by atoms with Crippen LogP contribution in [0.4, 0.5) is 5.82 Å². The van der Waals surface area contributed by atoms with Crippen molar-refractivity contribution in [3.8, 4) is 11.5 Å². The van der Waals surface area contributed by atoms with E-state index in [9.17, 15) is 4.79 Å². The molecule has 0 saturated heterocycles. The molecule has 27 heavy (non-hydrogen) atoms. The van der Waals surface area contributed by atoms with Crippen molar-refractivity contribution in [2.45, 2.75) is 11.9 Å². The molecule has 0 fully saturated rings. The van der Waals surface area contributed by atoms with Gasteiger partial charge in [0, 0.05) is 5.56 Å². The molecule has 2 heterocycles. The van der Waals surface area contributed by atoms with Crippen LogP contribution in [0.15, 0.2) is 54.7 Å². The monoisotopic (exact) mass is 381 g/mol. The van der Waals surface area contributed by atoms with Gasteiger partial charge in [-0.25, -0.2) is 0 Å². The summed E-state index contributed by atoms with van der Waals surface area (Å²) in [4.78, 5) is 11.9. The van der Waals surface area contributed by atoms with E-state index in [1.54, 1.807) is 25.1 Å². The van der Waals surface area contributed by atoms with E-state index in [-0.39, 0.29) is 11.2 Å². The SMILES string of the molecule is COc1ccc(C2SCC(=O)Nc3[nH]ncc32)cc1OCc1ccccc1. The number of nitrogens with zero attached hydrogens (tertiary/aromatic N) is 1. The maximum atomic E-state index is 11.9. The van der Waals surface area contributed by atoms with Crippen LogP contribution in [0.3, 0.4) is 0 Å². The number of methoxy groups -OCH3 is 1. The van der Waals surface area contributed by atoms with Crippen molar-refractivity contribution in [2.75, 3.05) is 18.2 Å². The molecule has 7 heteroatoms. The van der Waals surface area contributed by atoms with Gasteiger partial charge in [0.25, 0.3) is 0 Å². The fourth-order valence-electron chi connectivity index (χ4n) is 3.00. The minimum absolute atomic E-state index is 0.0253. The highest BCUT2D eigenvalue weighted by Crippen LogP contribution is 2.43. The second-order valence-electron chi connectivity index (χ2n) is 6.12. The van der Waals surface area contributed by atoms with Crippen molar-refractivity contribution < 1.29 is 14.3 Å². The quantitative estimate of drug-likeness (QED) is 0.704. The number of thioether (sulfide) groups is 1. The third-order valence-electron chi connectivity index (χ3n) is 4.32. The standard InChI is InChI=1S/C20H19N3O3S/c1-25-16-8-7-14(9-17(16)26-11-13-5-3-2-4-6-13)19-15-10-21-23-20(15)22-18(24)12-27-19/h2-10,19H,11-12H2,1H3,(H2,21,22,23,24). The largest absolute Gasteiger partial charge is 0.493 e. The molecule has 1 amide bonds. The van der Waals surface area contributed by atoms with E-state index >= 15 is 0 Å². The van der Waals surface area contributed by atoms with E-state index in [1.165, 1.54) is 0 Å². The van der Waals surface area contributed by atoms with Gasteiger partial charge in [0.05, 0.1) is 24.3 Å². The average Bonchev–Trinajstić information content (AvgIpc) is 3.09. The van der Waals surface area contributed by atoms with Gasteiger partial charge in [-0.05, 0) is 23.3 Å². The first-order valence-electron chi connectivity index (χ1n) is 8.54. The Bertz CT molecular complexity index is 943. The molecule has 4 rings (SSSR count). The summed E-state index contributed by atoms with van der Waals surface area (Å²) < 4.78 is 11.5. The number of benzene rings is 2. The molecule has 6 nitrogen and oxygen atoms in total. The molecule has 138 valence electrons. The molecule has 0 aliphatic carbocycles. The van der Waals surface area contributed by atoms with Crippen LogP contribution in [0.2, 0.25) is 0 Å². The Morgan fingerprint density at radius 1 is 1.19 bits per heavy atom. The summed E-state index contributed by atoms with van der Waals surface area (Å²) in [7, 11) is 1.63. The molecule has 2 N–H and O–H groups in total. The number of aromatic amines is 1. The van der Waals surface area contributed by atoms with Gasteiger partial charge in [0.1, 0.15) is 12.4 Å². The minimum Gasteiger partial charge on any atom is -0.493 e. The molecule has 1 aliphatic rings. The van der Waals surface area contributed by atoms with Crippen LogP contribution in [-0.4, -0.2) is 29.0 Å². The number of fused-ring (bicyclic) bond motifs is 1. The second kappa shape index (κ2) is 7.75. The predicted octanol–water partition coefficient (Wildman–Crippen LogP) is 3.77. The lowest BCUT2D eigenvalue weighted by Crippen LogP contribution is -2.12. The second-order valence-corrected chi connectivity index (χ2v) is 7.22. The lowest BCUT2D eigenvalue weighted by molar-refractivity contribution is -0.113. The van der Waals surface area contributed by atoms with Gasteiger partial charge in [0.15, 0.2) is 11.5 Å². The highest BCUT2D eigenvalue weighted by molar-refractivity contribution is 8.00. The van der Waals surface area contributed by atoms with Crippen LogP contribution in [0.25, 0.3) is 0 Å². The van der Waals surface area contributed by atoms with E-state index in [1.807, 2.05) is 48.5 Å². The summed E-state index contributed by atoms with van der Waals surface area (Å²) in [5.41, 5.74) is 3.06. The summed E-state index contributed by atoms with van der Waals surface area (Å²) in [6.45, 7) is 0.454. The maximum absolute atomic E-state index is 11.9. The van der Waals surface area contributed by atoms with E-state index in [2.05, 4.69) is 15.5 Å². The van der Waals surface area contributed by atoms with Crippen molar-refractivity contribution >= 4 is 23.5 Å². The molecule has 0 spiro atoms. The lowest BCUT2D eigenvalue weighted by atomic mass is 10.1. The van der Waals surface area contributed by atoms with Crippen LogP contribution < -0.4 is 14.8 Å². The van der Waals surface area contributed by atoms with Gasteiger partial charge in [-0.1, -0.05) is 36.4 Å². The van der Waals surface area contributed by atoms with Gasteiger partial charge >= 0.3 is 0 Å². The number of ether oxygens (including phenoxy) is 2. The number of anilines is 1. The summed E-state index contributed by atoms with van der Waals surface area (Å²) in [6.07, 6.45) is 1.76. The number of H-pyrrole nitrogens is 1. The zero-order valence-corrected chi connectivity index (χ0v) is 15.6. The van der Waals surface area contributed by atoms with E-state index in [0.717, 1.165) is 16.7 Å². The van der Waals surface area contributed by atoms with Gasteiger partial charge < -0.3 is 14.8 Å². The summed E-state index contributed by atoms with van der Waals surface area (Å²) in [6, 6.07) is 15.9. The number of carbonyl (C=O) groups excluding carboxylic acids is 1. The van der Waals surface area contributed by atoms with Crippen LogP contribution in [0.1, 0.15) is 21.9 Å². The van der Waals surface area contributed by atoms with Crippen molar-refractivity contribution in [3.63, 3.8) is 0 Å². The zero-order valence-electron chi connectivity index (χ0n) is 14.8. The minimum atomic E-state index is -0.0398. The highest BCUT2D eigenvalue weighted by Gasteiger charge is 2.26. The number of aromatic nitrogens is 2. The molecule has 1 aliphatic heterocycles. The molecule has 0 radical (unpaired) electrons. The van der Waals surface area contributed by atoms with Crippen LogP contribution in [0.5, 0.6) is 11.5 Å². The number of carbonyl (C=O) groups is 1. The molecule has 1 atom stereocenters. The van der Waals surface area contributed by atoms with Crippen LogP contribution in [-0.2, 0) is 11.4 Å². The smallest absolute Gasteiger partial charge is 0.235 e. The van der Waals surface area contributed by atoms with Gasteiger partial charge in [0.2, 0.25) is 5.91 Å². The fourth-order valence-corrected chi connectivity index (χ4v) is 4.09. The molecule has 3 aromatic rings. The zero-order chi connectivity index (χ0) is 18.6. The number of hydrogen-bond acceptors (Lipinski definition) is 5. The number of hydrogen-bond donors (Lipinski definition) is 2. The third kappa shape index (κ3) is 3.78. The maximum Gasteiger partial charge on any atom is 0.235 e. The van der Waals surface area contributed by atoms with Gasteiger partial charge in [-0.15, -0.1) is 11.8 Å². The number of amides is 1. The Morgan fingerprint density at radius 2 is 2.04 bits per heavy atom. The molecular weight excluding hydrogens is 362 g/mol. The first-order valence-corrected chi connectivity index (χ1v) is 9.59. The molecular formula is C20H19N3O3S. The Balaban J connectivity index is 1.63. The molecule has 1 aromatic heterocycles. The van der Waals surface area contributed by atoms with Crippen LogP contribution in [0, 0.1) is 0 Å². The summed E-state index contributed by atoms with van der Waals surface area (Å²) in [5.74, 6) is 2.34. The average molecular weight is 381 g/mol. The first-order chi connectivity index (χ1) is 13.2. The Morgan fingerprint density at radius 3 is 2.85 bits per heavy atom. The van der Waals surface area contributed by atoms with Crippen molar-refractivity contribution in [1.29, 1.82) is 0 Å². The van der Waals surface area contributed by atoms with Crippen molar-refractivity contribution in [3.05, 3.63) is 71.4 Å². The number of nitrogens with one attached hydrogen (secondary N) is 2. The molecule has 0 saturated carbocycles. The van der Waals surface area contributed by atoms with Gasteiger partial charge in [-0.3, -0.25) is 9.89 Å². The Kier molecular flexibility index (Phi) is 5.02. The third-order valence-corrected chi connectivity index (χ3v) is 5.61. The Labute approximate surface area is 161 Å². The molecule has 2 aromatic carbocycles. The van der Waals surface area contributed by atoms with Gasteiger partial charge in [-0.2, -0.15) is 5.10 Å². The lowest BCUT2D eigenvalue weighted by Gasteiger charge is -2.17. The number of rotatable bonds is 5. The van der Waals surface area contributed by atoms with Crippen molar-refractivity contribution in [1.82, 2.24) is 10.2 Å². The molecule has 0 bridgehead atoms. The van der Waals surface area contributed by atoms with E-state index < -0.39 is 0 Å². The topological polar surface area (TPSA) is 76.2 Å². The summed E-state index contributed by atoms with van der Waals surface area (Å²) >= 11 is 1.56. The highest BCUT2D eigenvalue weighted by atomic mass is 32.2. The van der Waals surface area contributed by atoms with E-state index in [0.29, 0.717) is 29.7 Å². The van der Waals surface area contributed by atoms with Crippen LogP contribution >= 0.6 is 11.8 Å². The first kappa shape index (κ1) is 17.5. The predicted molar refractivity (Wildman–Crippen MR) is 105 cm³/mol. The summed E-state index contributed by atoms with van der Waals surface area (Å²) in [5, 5.41) is 9.77. The normalized spacial score (nSPS) is 16.2. The van der Waals surface area contributed by atoms with Crippen molar-refractivity contribution in [2.24, 2.45) is 0 Å². The fraction of sp³-hybridized carbons (Fsp3) is 0.200.